The molecule has 5 heterocycles. The van der Waals surface area contributed by atoms with E-state index >= 15 is 0 Å². The molecule has 2 aromatic heterocycles. The van der Waals surface area contributed by atoms with Gasteiger partial charge in [-0.15, -0.1) is 0 Å². The zero-order valence-corrected chi connectivity index (χ0v) is 23.2. The third-order valence-electron chi connectivity index (χ3n) is 7.97. The van der Waals surface area contributed by atoms with Crippen LogP contribution in [0, 0.1) is 5.92 Å². The second-order valence-corrected chi connectivity index (χ2v) is 12.4. The minimum absolute atomic E-state index is 0.151. The number of anilines is 2. The van der Waals surface area contributed by atoms with Crippen molar-refractivity contribution < 1.29 is 14.9 Å². The molecule has 0 radical (unpaired) electrons. The number of benzene rings is 1. The minimum atomic E-state index is -0.725. The van der Waals surface area contributed by atoms with Gasteiger partial charge in [-0.05, 0) is 31.5 Å². The first-order valence-electron chi connectivity index (χ1n) is 13.0. The van der Waals surface area contributed by atoms with Gasteiger partial charge in [-0.2, -0.15) is 0 Å². The lowest BCUT2D eigenvalue weighted by molar-refractivity contribution is 0.00437. The first-order chi connectivity index (χ1) is 18.2. The monoisotopic (exact) mass is 553 g/mol. The lowest BCUT2D eigenvalue weighted by Crippen LogP contribution is -2.56. The number of aliphatic hydroxyl groups excluding tert-OH is 1. The van der Waals surface area contributed by atoms with Crippen LogP contribution in [0.5, 0.6) is 5.75 Å². The molecule has 0 atom stereocenters. The Morgan fingerprint density at radius 2 is 1.87 bits per heavy atom. The number of hydrogen-bond donors (Lipinski definition) is 2. The van der Waals surface area contributed by atoms with Crippen molar-refractivity contribution in [2.45, 2.75) is 60.8 Å². The van der Waals surface area contributed by atoms with Gasteiger partial charge in [-0.25, -0.2) is 15.0 Å². The van der Waals surface area contributed by atoms with Crippen LogP contribution in [0.15, 0.2) is 52.6 Å². The fourth-order valence-corrected chi connectivity index (χ4v) is 6.66. The average Bonchev–Trinajstić information content (AvgIpc) is 3.22. The summed E-state index contributed by atoms with van der Waals surface area (Å²) < 4.78 is 6.39. The normalized spacial score (nSPS) is 18.9. The summed E-state index contributed by atoms with van der Waals surface area (Å²) in [6, 6.07) is 10.2. The molecule has 0 amide bonds. The first-order valence-corrected chi connectivity index (χ1v) is 14.2. The van der Waals surface area contributed by atoms with Crippen molar-refractivity contribution in [2.24, 2.45) is 5.92 Å². The Balaban J connectivity index is 1.13. The van der Waals surface area contributed by atoms with Crippen LogP contribution in [-0.4, -0.2) is 62.5 Å². The molecule has 3 aliphatic heterocycles. The van der Waals surface area contributed by atoms with E-state index in [0.29, 0.717) is 34.6 Å². The number of aromatic nitrogens is 3. The minimum Gasteiger partial charge on any atom is -0.487 e. The number of hydrogen-bond acceptors (Lipinski definition) is 9. The summed E-state index contributed by atoms with van der Waals surface area (Å²) in [5.74, 6) is 2.62. The molecule has 0 bridgehead atoms. The summed E-state index contributed by atoms with van der Waals surface area (Å²) in [5.41, 5.74) is 0.962. The van der Waals surface area contributed by atoms with Crippen LogP contribution in [0.4, 0.5) is 11.6 Å². The summed E-state index contributed by atoms with van der Waals surface area (Å²) in [6.45, 7) is 6.49. The van der Waals surface area contributed by atoms with Crippen molar-refractivity contribution in [1.29, 1.82) is 0 Å². The molecule has 10 heteroatoms. The van der Waals surface area contributed by atoms with Crippen molar-refractivity contribution in [1.82, 2.24) is 15.0 Å². The molecule has 6 rings (SSSR count). The highest BCUT2D eigenvalue weighted by atomic mass is 35.5. The van der Waals surface area contributed by atoms with Gasteiger partial charge in [-0.1, -0.05) is 41.6 Å². The Morgan fingerprint density at radius 1 is 1.11 bits per heavy atom. The maximum atomic E-state index is 10.2. The van der Waals surface area contributed by atoms with Gasteiger partial charge in [-0.3, -0.25) is 0 Å². The Hall–Kier alpha value is -2.59. The van der Waals surface area contributed by atoms with Crippen LogP contribution >= 0.6 is 23.4 Å². The fourth-order valence-electron chi connectivity index (χ4n) is 5.52. The fraction of sp³-hybridized carbons (Fsp3) is 0.464. The van der Waals surface area contributed by atoms with Gasteiger partial charge in [0.2, 0.25) is 0 Å². The highest BCUT2D eigenvalue weighted by molar-refractivity contribution is 7.99. The quantitative estimate of drug-likeness (QED) is 0.462. The second-order valence-electron chi connectivity index (χ2n) is 11.0. The first kappa shape index (κ1) is 25.7. The van der Waals surface area contributed by atoms with Crippen LogP contribution < -0.4 is 14.5 Å². The Bertz CT molecular complexity index is 1310. The van der Waals surface area contributed by atoms with Gasteiger partial charge in [0.25, 0.3) is 0 Å². The number of fused-ring (bicyclic) bond motifs is 1. The molecule has 3 aliphatic rings. The van der Waals surface area contributed by atoms with Crippen molar-refractivity contribution in [3.05, 3.63) is 59.0 Å². The van der Waals surface area contributed by atoms with Gasteiger partial charge >= 0.3 is 0 Å². The predicted molar refractivity (Wildman–Crippen MR) is 148 cm³/mol. The predicted octanol–water partition coefficient (Wildman–Crippen LogP) is 4.35. The lowest BCUT2D eigenvalue weighted by atomic mass is 9.84. The molecule has 0 aliphatic carbocycles. The van der Waals surface area contributed by atoms with E-state index in [1.165, 1.54) is 17.3 Å². The van der Waals surface area contributed by atoms with Crippen LogP contribution in [0.1, 0.15) is 37.9 Å². The van der Waals surface area contributed by atoms with E-state index in [1.54, 1.807) is 12.4 Å². The number of ether oxygens (including phenoxy) is 1. The number of pyridine rings is 1. The SMILES string of the molecule is CC(C)(O)C1CN(c2nccc(Sc3cnc(N4CCC5(CC4)Cc4ccccc4O5)c(CO)n3)c2Cl)C1. The van der Waals surface area contributed by atoms with Crippen molar-refractivity contribution in [3.63, 3.8) is 0 Å². The van der Waals surface area contributed by atoms with Crippen LogP contribution in [0.2, 0.25) is 5.02 Å². The molecule has 2 saturated heterocycles. The smallest absolute Gasteiger partial charge is 0.152 e. The van der Waals surface area contributed by atoms with E-state index in [4.69, 9.17) is 26.3 Å². The summed E-state index contributed by atoms with van der Waals surface area (Å²) in [5, 5.41) is 21.6. The molecule has 200 valence electrons. The Kier molecular flexibility index (Phi) is 6.66. The zero-order valence-electron chi connectivity index (χ0n) is 21.6. The zero-order chi connectivity index (χ0) is 26.5. The van der Waals surface area contributed by atoms with Crippen molar-refractivity contribution >= 4 is 35.0 Å². The molecule has 0 unspecified atom stereocenters. The Labute approximate surface area is 232 Å². The van der Waals surface area contributed by atoms with E-state index in [9.17, 15) is 10.2 Å². The molecule has 0 saturated carbocycles. The van der Waals surface area contributed by atoms with Gasteiger partial charge in [0.1, 0.15) is 27.9 Å². The molecule has 8 nitrogen and oxygen atoms in total. The number of rotatable bonds is 6. The third-order valence-corrected chi connectivity index (χ3v) is 9.42. The number of piperidine rings is 1. The van der Waals surface area contributed by atoms with Gasteiger partial charge in [0, 0.05) is 62.5 Å². The maximum Gasteiger partial charge on any atom is 0.152 e. The van der Waals surface area contributed by atoms with E-state index in [0.717, 1.165) is 48.8 Å². The van der Waals surface area contributed by atoms with Crippen LogP contribution in [-0.2, 0) is 13.0 Å². The highest BCUT2D eigenvalue weighted by Gasteiger charge is 2.42. The van der Waals surface area contributed by atoms with E-state index in [1.807, 2.05) is 26.0 Å². The van der Waals surface area contributed by atoms with Gasteiger partial charge in [0.15, 0.2) is 5.82 Å². The maximum absolute atomic E-state index is 10.2. The van der Waals surface area contributed by atoms with E-state index in [2.05, 4.69) is 33.0 Å². The van der Waals surface area contributed by atoms with Crippen LogP contribution in [0.3, 0.4) is 0 Å². The molecule has 38 heavy (non-hydrogen) atoms. The van der Waals surface area contributed by atoms with E-state index in [-0.39, 0.29) is 18.1 Å². The summed E-state index contributed by atoms with van der Waals surface area (Å²) in [6.07, 6.45) is 6.21. The summed E-state index contributed by atoms with van der Waals surface area (Å²) in [7, 11) is 0. The average molecular weight is 554 g/mol. The summed E-state index contributed by atoms with van der Waals surface area (Å²) >= 11 is 8.15. The molecule has 2 N–H and O–H groups in total. The number of halogens is 1. The van der Waals surface area contributed by atoms with Gasteiger partial charge in [0.05, 0.1) is 23.4 Å². The number of para-hydroxylation sites is 1. The second kappa shape index (κ2) is 9.86. The van der Waals surface area contributed by atoms with Crippen LogP contribution in [0.25, 0.3) is 0 Å². The summed E-state index contributed by atoms with van der Waals surface area (Å²) in [4.78, 5) is 19.0. The molecule has 1 spiro atoms. The third kappa shape index (κ3) is 4.81. The largest absolute Gasteiger partial charge is 0.487 e. The molecule has 2 fully saturated rings. The molecule has 1 aromatic carbocycles. The van der Waals surface area contributed by atoms with Crippen molar-refractivity contribution in [3.8, 4) is 5.75 Å². The lowest BCUT2D eigenvalue weighted by Gasteiger charge is -2.46. The molecular formula is C28H32ClN5O3S. The molecular weight excluding hydrogens is 522 g/mol. The van der Waals surface area contributed by atoms with Gasteiger partial charge < -0.3 is 24.7 Å². The Morgan fingerprint density at radius 3 is 2.58 bits per heavy atom. The standard InChI is InChI=1S/C28H32ClN5O3S/c1-27(2,36)19-15-34(16-19)26-24(29)22(7-10-30-26)38-23-14-31-25(20(17-35)32-23)33-11-8-28(9-12-33)13-18-5-3-4-6-21(18)37-28/h3-7,10,14,19,35-36H,8-9,11-13,15-17H2,1-2H3. The van der Waals surface area contributed by atoms with Crippen molar-refractivity contribution in [2.75, 3.05) is 36.0 Å². The number of aliphatic hydroxyl groups is 2. The van der Waals surface area contributed by atoms with E-state index < -0.39 is 5.60 Å². The molecule has 3 aromatic rings. The topological polar surface area (TPSA) is 94.8 Å². The highest BCUT2D eigenvalue weighted by Crippen LogP contribution is 2.43. The number of nitrogens with zero attached hydrogens (tertiary/aromatic N) is 5.